The van der Waals surface area contributed by atoms with Crippen molar-refractivity contribution in [2.75, 3.05) is 49.7 Å². The number of aliphatic hydroxyl groups excluding tert-OH is 1. The number of carbonyl (C=O) groups excluding carboxylic acids is 2. The topological polar surface area (TPSA) is 151 Å². The Bertz CT molecular complexity index is 1320. The van der Waals surface area contributed by atoms with E-state index in [1.165, 1.54) is 74.0 Å². The van der Waals surface area contributed by atoms with Crippen LogP contribution < -0.4 is 28.4 Å². The fraction of sp³-hybridized carbons (Fsp3) is 0.467. The largest absolute Gasteiger partial charge is 0.632 e. The lowest BCUT2D eigenvalue weighted by atomic mass is 9.99. The van der Waals surface area contributed by atoms with Crippen LogP contribution >= 0.6 is 0 Å². The number of likely N-dealkylation sites (N-methyl/N-ethyl adjacent to an activating group) is 1. The number of aliphatic hydroxyl groups is 1. The third kappa shape index (κ3) is 6.14. The summed E-state index contributed by atoms with van der Waals surface area (Å²) >= 11 is 0. The summed E-state index contributed by atoms with van der Waals surface area (Å²) in [4.78, 5) is 25.9. The molecule has 1 N–H and O–H groups in total. The Hall–Kier alpha value is -4.20. The van der Waals surface area contributed by atoms with E-state index >= 15 is 0 Å². The number of piperidine rings is 1. The molecule has 0 radical (unpaired) electrons. The molecular weight excluding hydrogens is 566 g/mol. The van der Waals surface area contributed by atoms with Gasteiger partial charge in [-0.2, -0.15) is 0 Å². The maximum absolute atomic E-state index is 13.5. The predicted molar refractivity (Wildman–Crippen MR) is 153 cm³/mol. The van der Waals surface area contributed by atoms with Gasteiger partial charge in [0.25, 0.3) is 0 Å². The van der Waals surface area contributed by atoms with E-state index in [2.05, 4.69) is 0 Å². The van der Waals surface area contributed by atoms with E-state index in [1.807, 2.05) is 0 Å². The molecule has 43 heavy (non-hydrogen) atoms. The molecule has 2 aromatic carbocycles. The van der Waals surface area contributed by atoms with Crippen molar-refractivity contribution in [2.45, 2.75) is 43.2 Å². The molecule has 6 atom stereocenters. The van der Waals surface area contributed by atoms with Gasteiger partial charge in [-0.15, -0.1) is 0 Å². The van der Waals surface area contributed by atoms with E-state index in [-0.39, 0.29) is 29.9 Å². The lowest BCUT2D eigenvalue weighted by Crippen LogP contribution is -2.57. The second kappa shape index (κ2) is 13.0. The fourth-order valence-electron chi connectivity index (χ4n) is 5.81. The zero-order valence-electron chi connectivity index (χ0n) is 25.2. The molecule has 2 heterocycles. The van der Waals surface area contributed by atoms with Gasteiger partial charge in [0.1, 0.15) is 24.3 Å². The SMILES string of the molecule is COc1cc(C=CC(=O)O[C@@H]2C3CC(OC(=O)c4cc(OC)c(OC)c(OC)c4)CC([C@@H]2O)[N+]3(C)[O-])cc(OC)c1OC. The summed E-state index contributed by atoms with van der Waals surface area (Å²) < 4.78 is 42.5. The molecule has 234 valence electrons. The van der Waals surface area contributed by atoms with Crippen molar-refractivity contribution in [3.63, 3.8) is 0 Å². The molecule has 4 rings (SSSR count). The van der Waals surface area contributed by atoms with Gasteiger partial charge < -0.3 is 52.9 Å². The number of ether oxygens (including phenoxy) is 8. The highest BCUT2D eigenvalue weighted by molar-refractivity contribution is 5.91. The second-order valence-corrected chi connectivity index (χ2v) is 10.3. The first-order chi connectivity index (χ1) is 20.5. The van der Waals surface area contributed by atoms with Gasteiger partial charge in [0, 0.05) is 18.9 Å². The van der Waals surface area contributed by atoms with Crippen LogP contribution in [0.1, 0.15) is 28.8 Å². The maximum Gasteiger partial charge on any atom is 0.338 e. The number of hydrogen-bond donors (Lipinski definition) is 1. The zero-order valence-corrected chi connectivity index (χ0v) is 25.2. The van der Waals surface area contributed by atoms with Crippen LogP contribution in [0.4, 0.5) is 0 Å². The normalized spacial score (nSPS) is 26.0. The fourth-order valence-corrected chi connectivity index (χ4v) is 5.81. The van der Waals surface area contributed by atoms with Crippen LogP contribution in [-0.2, 0) is 14.3 Å². The number of carbonyl (C=O) groups is 2. The second-order valence-electron chi connectivity index (χ2n) is 10.3. The molecule has 0 aromatic heterocycles. The molecule has 2 aliphatic rings. The lowest BCUT2D eigenvalue weighted by molar-refractivity contribution is -0.906. The molecule has 13 nitrogen and oxygen atoms in total. The number of quaternary nitrogens is 1. The van der Waals surface area contributed by atoms with Gasteiger partial charge in [0.15, 0.2) is 29.1 Å². The van der Waals surface area contributed by atoms with Gasteiger partial charge in [-0.3, -0.25) is 0 Å². The van der Waals surface area contributed by atoms with E-state index in [0.717, 1.165) is 0 Å². The Balaban J connectivity index is 1.48. The summed E-state index contributed by atoms with van der Waals surface area (Å²) in [5.41, 5.74) is 0.729. The molecule has 2 fully saturated rings. The molecule has 4 unspecified atom stereocenters. The average Bonchev–Trinajstić information content (AvgIpc) is 3.09. The lowest BCUT2D eigenvalue weighted by Gasteiger charge is -2.49. The summed E-state index contributed by atoms with van der Waals surface area (Å²) in [6.45, 7) is 0. The highest BCUT2D eigenvalue weighted by Gasteiger charge is 2.61. The molecule has 0 amide bonds. The van der Waals surface area contributed by atoms with Crippen molar-refractivity contribution in [3.05, 3.63) is 46.7 Å². The Kier molecular flexibility index (Phi) is 9.58. The van der Waals surface area contributed by atoms with Crippen LogP contribution in [0.3, 0.4) is 0 Å². The highest BCUT2D eigenvalue weighted by atomic mass is 16.6. The number of hydroxylamine groups is 3. The predicted octanol–water partition coefficient (Wildman–Crippen LogP) is 2.74. The molecule has 0 aliphatic carbocycles. The van der Waals surface area contributed by atoms with E-state index in [4.69, 9.17) is 37.9 Å². The van der Waals surface area contributed by atoms with Crippen LogP contribution in [0.2, 0.25) is 0 Å². The van der Waals surface area contributed by atoms with Gasteiger partial charge in [-0.25, -0.2) is 9.59 Å². The third-order valence-corrected chi connectivity index (χ3v) is 7.96. The quantitative estimate of drug-likeness (QED) is 0.174. The van der Waals surface area contributed by atoms with Crippen LogP contribution in [0, 0.1) is 5.21 Å². The monoisotopic (exact) mass is 603 g/mol. The molecule has 2 bridgehead atoms. The minimum Gasteiger partial charge on any atom is -0.632 e. The molecule has 2 aromatic rings. The zero-order chi connectivity index (χ0) is 31.5. The summed E-state index contributed by atoms with van der Waals surface area (Å²) in [5, 5.41) is 24.5. The number of rotatable bonds is 11. The molecule has 2 aliphatic heterocycles. The van der Waals surface area contributed by atoms with Crippen molar-refractivity contribution >= 4 is 18.0 Å². The Morgan fingerprint density at radius 1 is 0.791 bits per heavy atom. The number of nitrogens with zero attached hydrogens (tertiary/aromatic N) is 1. The van der Waals surface area contributed by atoms with Crippen LogP contribution in [0.5, 0.6) is 34.5 Å². The molecule has 0 saturated carbocycles. The molecule has 2 saturated heterocycles. The number of hydrogen-bond acceptors (Lipinski definition) is 12. The first-order valence-electron chi connectivity index (χ1n) is 13.5. The Morgan fingerprint density at radius 3 is 1.77 bits per heavy atom. The minimum absolute atomic E-state index is 0.0816. The van der Waals surface area contributed by atoms with Gasteiger partial charge >= 0.3 is 11.9 Å². The van der Waals surface area contributed by atoms with Crippen molar-refractivity contribution in [2.24, 2.45) is 0 Å². The first kappa shape index (κ1) is 31.7. The van der Waals surface area contributed by atoms with Gasteiger partial charge in [-0.1, -0.05) is 0 Å². The summed E-state index contributed by atoms with van der Waals surface area (Å²) in [6, 6.07) is 4.52. The summed E-state index contributed by atoms with van der Waals surface area (Å²) in [7, 11) is 10.2. The van der Waals surface area contributed by atoms with Crippen molar-refractivity contribution in [1.29, 1.82) is 0 Å². The van der Waals surface area contributed by atoms with E-state index in [1.54, 1.807) is 12.1 Å². The van der Waals surface area contributed by atoms with Gasteiger partial charge in [-0.05, 0) is 35.9 Å². The summed E-state index contributed by atoms with van der Waals surface area (Å²) in [6.07, 6.45) is -0.206. The highest BCUT2D eigenvalue weighted by Crippen LogP contribution is 2.44. The smallest absolute Gasteiger partial charge is 0.338 e. The van der Waals surface area contributed by atoms with E-state index in [0.29, 0.717) is 28.6 Å². The number of benzene rings is 2. The molecule has 0 spiro atoms. The van der Waals surface area contributed by atoms with Crippen molar-refractivity contribution in [3.8, 4) is 34.5 Å². The van der Waals surface area contributed by atoms with Gasteiger partial charge in [0.05, 0.1) is 55.3 Å². The third-order valence-electron chi connectivity index (χ3n) is 7.96. The summed E-state index contributed by atoms with van der Waals surface area (Å²) in [5.74, 6) is 0.676. The molecule has 13 heteroatoms. The number of fused-ring (bicyclic) bond motifs is 2. The standard InChI is InChI=1S/C30H37NO12/c1-31(35)19-14-18(42-30(34)17-12-23(38-4)29(41-7)24(13-17)39-5)15-20(31)27(26(19)33)43-25(32)9-8-16-10-21(36-2)28(40-6)22(11-16)37-3/h8-13,18-20,26-27,33H,14-15H2,1-7H3/t18?,19?,20?,26-,27+,31?/m0/s1. The van der Waals surface area contributed by atoms with Crippen molar-refractivity contribution in [1.82, 2.24) is 0 Å². The first-order valence-corrected chi connectivity index (χ1v) is 13.5. The maximum atomic E-state index is 13.5. The van der Waals surface area contributed by atoms with E-state index in [9.17, 15) is 19.9 Å². The number of esters is 2. The van der Waals surface area contributed by atoms with Crippen LogP contribution in [-0.4, -0.2) is 102 Å². The van der Waals surface area contributed by atoms with Gasteiger partial charge in [0.2, 0.25) is 11.5 Å². The Labute approximate surface area is 249 Å². The number of methoxy groups -OCH3 is 6. The minimum atomic E-state index is -1.25. The van der Waals surface area contributed by atoms with Crippen LogP contribution in [0.15, 0.2) is 30.3 Å². The van der Waals surface area contributed by atoms with Crippen molar-refractivity contribution < 1.29 is 57.2 Å². The van der Waals surface area contributed by atoms with Crippen LogP contribution in [0.25, 0.3) is 6.08 Å². The Morgan fingerprint density at radius 2 is 1.28 bits per heavy atom. The van der Waals surface area contributed by atoms with E-state index < -0.39 is 47.0 Å². The molecular formula is C30H37NO12. The average molecular weight is 604 g/mol.